The molecule has 0 fully saturated rings. The zero-order chi connectivity index (χ0) is 25.3. The molecular formula is C25H27F3N4O2. The molecule has 0 aliphatic carbocycles. The van der Waals surface area contributed by atoms with Crippen LogP contribution in [0.5, 0.6) is 0 Å². The number of amides is 2. The van der Waals surface area contributed by atoms with Gasteiger partial charge in [-0.25, -0.2) is 4.68 Å². The summed E-state index contributed by atoms with van der Waals surface area (Å²) in [5, 5.41) is 9.04. The van der Waals surface area contributed by atoms with E-state index in [-0.39, 0.29) is 29.1 Å². The highest BCUT2D eigenvalue weighted by Crippen LogP contribution is 2.34. The molecule has 0 atom stereocenters. The standard InChI is InChI=1S/C25H27F3N4O2/c1-6-21(33)30-17-11-15(2)12-18(13-17)31-23(34)20-14-29-32(22(20)25(26,27)28)19-9-7-16(8-10-19)24(3,4)5/h7-14H,6H2,1-5H3,(H,30,33)(H,31,34). The molecule has 0 aliphatic heterocycles. The lowest BCUT2D eigenvalue weighted by Crippen LogP contribution is -2.21. The number of benzene rings is 2. The Balaban J connectivity index is 1.96. The van der Waals surface area contributed by atoms with Crippen LogP contribution in [0.2, 0.25) is 0 Å². The zero-order valence-electron chi connectivity index (χ0n) is 19.7. The van der Waals surface area contributed by atoms with E-state index in [2.05, 4.69) is 15.7 Å². The Kier molecular flexibility index (Phi) is 6.86. The minimum absolute atomic E-state index is 0.163. The number of nitrogens with zero attached hydrogens (tertiary/aromatic N) is 2. The van der Waals surface area contributed by atoms with Crippen molar-refractivity contribution in [3.8, 4) is 5.69 Å². The fourth-order valence-corrected chi connectivity index (χ4v) is 3.46. The molecule has 0 saturated heterocycles. The Morgan fingerprint density at radius 3 is 2.09 bits per heavy atom. The molecule has 9 heteroatoms. The number of rotatable bonds is 5. The Morgan fingerprint density at radius 2 is 1.56 bits per heavy atom. The first kappa shape index (κ1) is 25.0. The highest BCUT2D eigenvalue weighted by atomic mass is 19.4. The zero-order valence-corrected chi connectivity index (χ0v) is 19.7. The van der Waals surface area contributed by atoms with Gasteiger partial charge >= 0.3 is 6.18 Å². The molecule has 2 amide bonds. The highest BCUT2D eigenvalue weighted by Gasteiger charge is 2.40. The van der Waals surface area contributed by atoms with Gasteiger partial charge < -0.3 is 10.6 Å². The number of carbonyl (C=O) groups is 2. The SMILES string of the molecule is CCC(=O)Nc1cc(C)cc(NC(=O)c2cnn(-c3ccc(C(C)(C)C)cc3)c2C(F)(F)F)c1. The van der Waals surface area contributed by atoms with Crippen LogP contribution in [-0.4, -0.2) is 21.6 Å². The van der Waals surface area contributed by atoms with Gasteiger partial charge in [0.2, 0.25) is 5.91 Å². The molecule has 2 N–H and O–H groups in total. The van der Waals surface area contributed by atoms with Crippen molar-refractivity contribution in [2.24, 2.45) is 0 Å². The van der Waals surface area contributed by atoms with Gasteiger partial charge in [0.05, 0.1) is 17.4 Å². The topological polar surface area (TPSA) is 76.0 Å². The van der Waals surface area contributed by atoms with Gasteiger partial charge in [0.15, 0.2) is 5.69 Å². The summed E-state index contributed by atoms with van der Waals surface area (Å²) >= 11 is 0. The largest absolute Gasteiger partial charge is 0.434 e. The van der Waals surface area contributed by atoms with Crippen molar-refractivity contribution < 1.29 is 22.8 Å². The van der Waals surface area contributed by atoms with Crippen molar-refractivity contribution >= 4 is 23.2 Å². The summed E-state index contributed by atoms with van der Waals surface area (Å²) in [7, 11) is 0. The molecule has 0 unspecified atom stereocenters. The second-order valence-electron chi connectivity index (χ2n) is 9.06. The maximum atomic E-state index is 14.0. The molecule has 3 rings (SSSR count). The van der Waals surface area contributed by atoms with E-state index in [1.54, 1.807) is 50.2 Å². The summed E-state index contributed by atoms with van der Waals surface area (Å²) < 4.78 is 42.8. The molecule has 34 heavy (non-hydrogen) atoms. The summed E-state index contributed by atoms with van der Waals surface area (Å²) in [5.41, 5.74) is 0.632. The first-order valence-electron chi connectivity index (χ1n) is 10.8. The number of hydrogen-bond acceptors (Lipinski definition) is 3. The Labute approximate surface area is 196 Å². The molecule has 0 spiro atoms. The van der Waals surface area contributed by atoms with Crippen LogP contribution < -0.4 is 10.6 Å². The van der Waals surface area contributed by atoms with Gasteiger partial charge in [0.25, 0.3) is 5.91 Å². The number of anilines is 2. The minimum Gasteiger partial charge on any atom is -0.326 e. The minimum atomic E-state index is -4.82. The van der Waals surface area contributed by atoms with Gasteiger partial charge in [0.1, 0.15) is 0 Å². The summed E-state index contributed by atoms with van der Waals surface area (Å²) in [5.74, 6) is -1.18. The van der Waals surface area contributed by atoms with E-state index in [9.17, 15) is 22.8 Å². The van der Waals surface area contributed by atoms with Crippen LogP contribution in [0.15, 0.2) is 48.7 Å². The Morgan fingerprint density at radius 1 is 0.971 bits per heavy atom. The fourth-order valence-electron chi connectivity index (χ4n) is 3.46. The molecule has 0 aliphatic rings. The van der Waals surface area contributed by atoms with E-state index in [0.717, 1.165) is 22.0 Å². The van der Waals surface area contributed by atoms with Gasteiger partial charge in [0, 0.05) is 17.8 Å². The number of aryl methyl sites for hydroxylation is 1. The Bertz CT molecular complexity index is 1210. The lowest BCUT2D eigenvalue weighted by atomic mass is 9.87. The van der Waals surface area contributed by atoms with E-state index >= 15 is 0 Å². The normalized spacial score (nSPS) is 11.9. The number of alkyl halides is 3. The lowest BCUT2D eigenvalue weighted by Gasteiger charge is -2.19. The summed E-state index contributed by atoms with van der Waals surface area (Å²) in [6.45, 7) is 9.45. The van der Waals surface area contributed by atoms with Crippen molar-refractivity contribution in [3.05, 3.63) is 71.0 Å². The molecule has 3 aromatic rings. The van der Waals surface area contributed by atoms with E-state index in [0.29, 0.717) is 5.69 Å². The van der Waals surface area contributed by atoms with Crippen molar-refractivity contribution in [2.75, 3.05) is 10.6 Å². The smallest absolute Gasteiger partial charge is 0.326 e. The average Bonchev–Trinajstić information content (AvgIpc) is 3.18. The van der Waals surface area contributed by atoms with Crippen LogP contribution in [0, 0.1) is 6.92 Å². The quantitative estimate of drug-likeness (QED) is 0.471. The van der Waals surface area contributed by atoms with E-state index < -0.39 is 23.3 Å². The second-order valence-corrected chi connectivity index (χ2v) is 9.06. The first-order valence-corrected chi connectivity index (χ1v) is 10.8. The maximum Gasteiger partial charge on any atom is 0.434 e. The third-order valence-electron chi connectivity index (χ3n) is 5.20. The van der Waals surface area contributed by atoms with E-state index in [4.69, 9.17) is 0 Å². The average molecular weight is 473 g/mol. The van der Waals surface area contributed by atoms with Crippen LogP contribution in [-0.2, 0) is 16.4 Å². The van der Waals surface area contributed by atoms with Gasteiger partial charge in [-0.2, -0.15) is 18.3 Å². The lowest BCUT2D eigenvalue weighted by molar-refractivity contribution is -0.143. The molecule has 0 radical (unpaired) electrons. The molecule has 1 heterocycles. The number of nitrogens with one attached hydrogen (secondary N) is 2. The third-order valence-corrected chi connectivity index (χ3v) is 5.20. The fraction of sp³-hybridized carbons (Fsp3) is 0.320. The molecular weight excluding hydrogens is 445 g/mol. The predicted molar refractivity (Wildman–Crippen MR) is 125 cm³/mol. The molecule has 180 valence electrons. The van der Waals surface area contributed by atoms with Gasteiger partial charge in [-0.1, -0.05) is 39.8 Å². The van der Waals surface area contributed by atoms with Crippen LogP contribution in [0.1, 0.15) is 61.3 Å². The number of hydrogen-bond donors (Lipinski definition) is 2. The summed E-state index contributed by atoms with van der Waals surface area (Å²) in [6, 6.07) is 11.4. The summed E-state index contributed by atoms with van der Waals surface area (Å²) in [4.78, 5) is 24.5. The van der Waals surface area contributed by atoms with Crippen molar-refractivity contribution in [1.82, 2.24) is 9.78 Å². The maximum absolute atomic E-state index is 14.0. The van der Waals surface area contributed by atoms with Gasteiger partial charge in [-0.05, 0) is 53.8 Å². The van der Waals surface area contributed by atoms with Crippen LogP contribution in [0.3, 0.4) is 0 Å². The number of carbonyl (C=O) groups excluding carboxylic acids is 2. The van der Waals surface area contributed by atoms with E-state index in [1.807, 2.05) is 20.8 Å². The molecule has 1 aromatic heterocycles. The third kappa shape index (κ3) is 5.65. The molecule has 2 aromatic carbocycles. The summed E-state index contributed by atoms with van der Waals surface area (Å²) in [6.07, 6.45) is -3.65. The van der Waals surface area contributed by atoms with Crippen LogP contribution in [0.25, 0.3) is 5.69 Å². The van der Waals surface area contributed by atoms with Gasteiger partial charge in [-0.3, -0.25) is 9.59 Å². The van der Waals surface area contributed by atoms with Crippen molar-refractivity contribution in [3.63, 3.8) is 0 Å². The highest BCUT2D eigenvalue weighted by molar-refractivity contribution is 6.05. The van der Waals surface area contributed by atoms with Crippen LogP contribution >= 0.6 is 0 Å². The monoisotopic (exact) mass is 472 g/mol. The first-order chi connectivity index (χ1) is 15.8. The Hall–Kier alpha value is -3.62. The second kappa shape index (κ2) is 9.32. The number of halogens is 3. The van der Waals surface area contributed by atoms with E-state index in [1.165, 1.54) is 6.07 Å². The molecule has 6 nitrogen and oxygen atoms in total. The molecule has 0 saturated carbocycles. The van der Waals surface area contributed by atoms with Crippen molar-refractivity contribution in [2.45, 2.75) is 52.6 Å². The van der Waals surface area contributed by atoms with Crippen molar-refractivity contribution in [1.29, 1.82) is 0 Å². The predicted octanol–water partition coefficient (Wildman–Crippen LogP) is 6.10. The van der Waals surface area contributed by atoms with Crippen LogP contribution in [0.4, 0.5) is 24.5 Å². The number of aromatic nitrogens is 2. The molecule has 0 bridgehead atoms. The van der Waals surface area contributed by atoms with Gasteiger partial charge in [-0.15, -0.1) is 0 Å².